The van der Waals surface area contributed by atoms with Crippen molar-refractivity contribution in [3.8, 4) is 5.75 Å². The molecule has 0 spiro atoms. The maximum Gasteiger partial charge on any atom is 0.253 e. The number of nitrogens with one attached hydrogen (secondary N) is 3. The van der Waals surface area contributed by atoms with Gasteiger partial charge in [-0.25, -0.2) is 8.42 Å². The Kier molecular flexibility index (Phi) is 19.5. The summed E-state index contributed by atoms with van der Waals surface area (Å²) in [5, 5.41) is 9.37. The van der Waals surface area contributed by atoms with Crippen LogP contribution in [0.4, 0.5) is 22.7 Å². The molecule has 4 aromatic carbocycles. The van der Waals surface area contributed by atoms with E-state index < -0.39 is 21.0 Å². The number of allylic oxidation sites excluding steroid dienone is 6. The third-order valence-corrected chi connectivity index (χ3v) is 15.5. The van der Waals surface area contributed by atoms with Crippen LogP contribution in [0.15, 0.2) is 118 Å². The van der Waals surface area contributed by atoms with Crippen molar-refractivity contribution >= 4 is 44.5 Å². The van der Waals surface area contributed by atoms with Gasteiger partial charge in [0.25, 0.3) is 10.9 Å². The van der Waals surface area contributed by atoms with E-state index in [4.69, 9.17) is 4.74 Å². The second-order valence-corrected chi connectivity index (χ2v) is 22.4. The zero-order valence-electron chi connectivity index (χ0n) is 43.7. The van der Waals surface area contributed by atoms with Gasteiger partial charge in [0.2, 0.25) is 11.6 Å². The summed E-state index contributed by atoms with van der Waals surface area (Å²) in [5.74, 6) is 0.566. The molecule has 0 radical (unpaired) electrons. The van der Waals surface area contributed by atoms with Crippen LogP contribution in [-0.2, 0) is 32.3 Å². The van der Waals surface area contributed by atoms with Crippen LogP contribution in [0.1, 0.15) is 128 Å². The van der Waals surface area contributed by atoms with Crippen molar-refractivity contribution < 1.29 is 27.1 Å². The quantitative estimate of drug-likeness (QED) is 0.0156. The van der Waals surface area contributed by atoms with Crippen LogP contribution in [0, 0.1) is 0 Å². The average molecular weight is 1020 g/mol. The van der Waals surface area contributed by atoms with Crippen molar-refractivity contribution in [1.82, 2.24) is 10.2 Å². The number of likely N-dealkylation sites (tertiary alicyclic amines) is 1. The molecule has 3 N–H and O–H groups in total. The number of unbranched alkanes of at least 4 members (excludes halogenated alkanes) is 5. The number of carbonyl (C=O) groups excluding carboxylic acids is 1. The number of hydrogen-bond donors (Lipinski definition) is 3. The first kappa shape index (κ1) is 54.9. The molecule has 4 aromatic rings. The van der Waals surface area contributed by atoms with Crippen LogP contribution in [0.3, 0.4) is 0 Å². The van der Waals surface area contributed by atoms with Gasteiger partial charge < -0.3 is 30.1 Å². The van der Waals surface area contributed by atoms with E-state index in [2.05, 4.69) is 137 Å². The van der Waals surface area contributed by atoms with E-state index in [1.54, 1.807) is 0 Å². The first-order valence-electron chi connectivity index (χ1n) is 26.8. The van der Waals surface area contributed by atoms with Crippen LogP contribution in [0.2, 0.25) is 0 Å². The number of amides is 1. The van der Waals surface area contributed by atoms with Crippen molar-refractivity contribution in [2.75, 3.05) is 73.7 Å². The van der Waals surface area contributed by atoms with Gasteiger partial charge >= 0.3 is 0 Å². The topological polar surface area (TPSA) is 163 Å². The van der Waals surface area contributed by atoms with E-state index in [-0.39, 0.29) is 22.5 Å². The lowest BCUT2D eigenvalue weighted by Gasteiger charge is -2.27. The monoisotopic (exact) mass is 1010 g/mol. The van der Waals surface area contributed by atoms with E-state index in [1.807, 2.05) is 24.3 Å². The standard InChI is InChI=1S/C59H78N6O7S/c1-58(2)47-27-12-14-29-49(47)64(51(58)31-9-5-10-32-52-59(3,4)48-28-13-15-30-50(48)65(52)40-21-22-42-73(69,70)71)39-20-6-11-33-53(66)60-34-16-7-17-35-61-54-55(57(68)56(54)67)62-36-24-41-72-46-26-23-25-45(43-46)44-63-37-18-8-19-38-63/h5,9-10,12-15,23,25-32,43H,6-8,11,16-22,24,33-42,44H2,1-4H3,(H3-,60,61,62,66,67,68,69,70,71). The van der Waals surface area contributed by atoms with Gasteiger partial charge in [0.05, 0.1) is 22.1 Å². The number of anilines is 3. The molecule has 7 rings (SSSR count). The highest BCUT2D eigenvalue weighted by Gasteiger charge is 2.44. The molecule has 14 heteroatoms. The number of nitrogens with zero attached hydrogens (tertiary/aromatic N) is 3. The first-order valence-corrected chi connectivity index (χ1v) is 28.4. The molecular formula is C59H78N6O7S. The number of benzene rings is 3. The molecule has 3 heterocycles. The lowest BCUT2D eigenvalue weighted by atomic mass is 9.81. The Morgan fingerprint density at radius 1 is 0.740 bits per heavy atom. The highest BCUT2D eigenvalue weighted by atomic mass is 32.2. The molecule has 0 aromatic heterocycles. The summed E-state index contributed by atoms with van der Waals surface area (Å²) >= 11 is 0. The molecule has 1 fully saturated rings. The summed E-state index contributed by atoms with van der Waals surface area (Å²) in [6.07, 6.45) is 21.8. The Morgan fingerprint density at radius 3 is 2.21 bits per heavy atom. The van der Waals surface area contributed by atoms with Crippen LogP contribution >= 0.6 is 0 Å². The summed E-state index contributed by atoms with van der Waals surface area (Å²) < 4.78 is 42.2. The van der Waals surface area contributed by atoms with Crippen molar-refractivity contribution in [3.05, 3.63) is 146 Å². The third kappa shape index (κ3) is 14.7. The van der Waals surface area contributed by atoms with E-state index in [1.165, 1.54) is 47.4 Å². The van der Waals surface area contributed by atoms with Gasteiger partial charge in [-0.3, -0.25) is 19.3 Å². The summed E-state index contributed by atoms with van der Waals surface area (Å²) in [7, 11) is -4.24. The predicted molar refractivity (Wildman–Crippen MR) is 296 cm³/mol. The average Bonchev–Trinajstić information content (AvgIpc) is 3.72. The summed E-state index contributed by atoms with van der Waals surface area (Å²) in [6.45, 7) is 15.9. The lowest BCUT2D eigenvalue weighted by Crippen LogP contribution is -2.37. The van der Waals surface area contributed by atoms with E-state index in [0.717, 1.165) is 81.8 Å². The Hall–Kier alpha value is -5.83. The third-order valence-electron chi connectivity index (χ3n) is 14.7. The molecule has 13 nitrogen and oxygen atoms in total. The number of para-hydroxylation sites is 2. The summed E-state index contributed by atoms with van der Waals surface area (Å²) in [5.41, 5.74) is 7.77. The van der Waals surface area contributed by atoms with Crippen LogP contribution < -0.4 is 36.4 Å². The van der Waals surface area contributed by atoms with Crippen molar-refractivity contribution in [2.24, 2.45) is 0 Å². The number of piperidine rings is 1. The van der Waals surface area contributed by atoms with Crippen LogP contribution in [-0.4, -0.2) is 92.2 Å². The fourth-order valence-corrected chi connectivity index (χ4v) is 11.2. The van der Waals surface area contributed by atoms with Gasteiger partial charge in [-0.1, -0.05) is 87.0 Å². The molecule has 0 aliphatic carbocycles. The van der Waals surface area contributed by atoms with Crippen LogP contribution in [0.25, 0.3) is 0 Å². The Bertz CT molecular complexity index is 2810. The fourth-order valence-electron chi connectivity index (χ4n) is 10.7. The van der Waals surface area contributed by atoms with Gasteiger partial charge in [0, 0.05) is 85.8 Å². The highest BCUT2D eigenvalue weighted by molar-refractivity contribution is 7.85. The molecule has 392 valence electrons. The largest absolute Gasteiger partial charge is 0.748 e. The van der Waals surface area contributed by atoms with Crippen LogP contribution in [0.5, 0.6) is 5.75 Å². The maximum absolute atomic E-state index is 12.7. The number of ether oxygens (including phenoxy) is 1. The maximum atomic E-state index is 12.7. The lowest BCUT2D eigenvalue weighted by molar-refractivity contribution is -0.438. The van der Waals surface area contributed by atoms with E-state index in [9.17, 15) is 27.4 Å². The number of hydrogen-bond acceptors (Lipinski definition) is 11. The van der Waals surface area contributed by atoms with Crippen molar-refractivity contribution in [1.29, 1.82) is 0 Å². The molecule has 0 unspecified atom stereocenters. The van der Waals surface area contributed by atoms with E-state index in [0.29, 0.717) is 69.8 Å². The van der Waals surface area contributed by atoms with Gasteiger partial charge in [0.1, 0.15) is 23.7 Å². The molecule has 1 saturated heterocycles. The SMILES string of the molecule is CC1(C)C(/C=C/C=C/C=C2/N(CCCCS(=O)(=O)[O-])c3ccccc3C2(C)C)=[N+](CCCCCC(=O)NCCCCCNc2c(NCCCOc3cccc(CN4CCCCC4)c3)c(=O)c2=O)c2ccccc21. The van der Waals surface area contributed by atoms with Gasteiger partial charge in [0.15, 0.2) is 5.71 Å². The minimum absolute atomic E-state index is 0.0663. The Morgan fingerprint density at radius 2 is 1.44 bits per heavy atom. The molecule has 0 bridgehead atoms. The molecule has 0 atom stereocenters. The molecular weight excluding hydrogens is 937 g/mol. The molecule has 3 aliphatic rings. The first-order chi connectivity index (χ1) is 35.1. The second-order valence-electron chi connectivity index (χ2n) is 20.9. The molecule has 0 saturated carbocycles. The number of fused-ring (bicyclic) bond motifs is 2. The molecule has 3 aliphatic heterocycles. The highest BCUT2D eigenvalue weighted by Crippen LogP contribution is 2.47. The smallest absolute Gasteiger partial charge is 0.253 e. The number of carbonyl (C=O) groups is 1. The Labute approximate surface area is 433 Å². The zero-order valence-corrected chi connectivity index (χ0v) is 44.5. The van der Waals surface area contributed by atoms with Crippen molar-refractivity contribution in [2.45, 2.75) is 129 Å². The summed E-state index contributed by atoms with van der Waals surface area (Å²) in [4.78, 5) is 42.1. The van der Waals surface area contributed by atoms with Gasteiger partial charge in [-0.2, -0.15) is 4.58 Å². The van der Waals surface area contributed by atoms with Gasteiger partial charge in [-0.05, 0) is 127 Å². The Balaban J connectivity index is 0.794. The van der Waals surface area contributed by atoms with Crippen molar-refractivity contribution in [3.63, 3.8) is 0 Å². The van der Waals surface area contributed by atoms with Gasteiger partial charge in [-0.15, -0.1) is 0 Å². The minimum Gasteiger partial charge on any atom is -0.748 e. The van der Waals surface area contributed by atoms with E-state index >= 15 is 0 Å². The summed E-state index contributed by atoms with van der Waals surface area (Å²) in [6, 6.07) is 25.2. The minimum atomic E-state index is -4.24. The molecule has 1 amide bonds. The predicted octanol–water partition coefficient (Wildman–Crippen LogP) is 9.60. The normalized spacial score (nSPS) is 17.0. The zero-order chi connectivity index (χ0) is 51.9. The number of rotatable bonds is 29. The molecule has 73 heavy (non-hydrogen) atoms. The fraction of sp³-hybridized carbons (Fsp3) is 0.492. The second kappa shape index (κ2) is 25.9.